The van der Waals surface area contributed by atoms with Gasteiger partial charge in [0.15, 0.2) is 0 Å². The van der Waals surface area contributed by atoms with E-state index < -0.39 is 0 Å². The lowest BCUT2D eigenvalue weighted by Crippen LogP contribution is -2.23. The molecule has 1 aliphatic rings. The van der Waals surface area contributed by atoms with E-state index in [0.717, 1.165) is 22.5 Å². The molecule has 2 N–H and O–H groups in total. The number of carbonyl (C=O) groups excluding carboxylic acids is 2. The quantitative estimate of drug-likeness (QED) is 0.888. The zero-order valence-electron chi connectivity index (χ0n) is 11.9. The number of anilines is 1. The van der Waals surface area contributed by atoms with Crippen molar-refractivity contribution in [2.24, 2.45) is 7.05 Å². The maximum Gasteiger partial charge on any atom is 0.251 e. The maximum absolute atomic E-state index is 12.2. The highest BCUT2D eigenvalue weighted by atomic mass is 16.2. The fourth-order valence-electron chi connectivity index (χ4n) is 2.35. The van der Waals surface area contributed by atoms with Crippen LogP contribution in [0.2, 0.25) is 0 Å². The average molecular weight is 284 g/mol. The minimum atomic E-state index is -0.165. The Morgan fingerprint density at radius 2 is 2.29 bits per heavy atom. The Bertz CT molecular complexity index is 733. The van der Waals surface area contributed by atoms with Crippen LogP contribution < -0.4 is 10.6 Å². The summed E-state index contributed by atoms with van der Waals surface area (Å²) in [6.45, 7) is 2.39. The number of carbonyl (C=O) groups is 2. The van der Waals surface area contributed by atoms with Crippen molar-refractivity contribution >= 4 is 17.5 Å². The van der Waals surface area contributed by atoms with Crippen molar-refractivity contribution < 1.29 is 9.59 Å². The molecule has 2 amide bonds. The molecule has 2 aromatic rings. The van der Waals surface area contributed by atoms with Crippen LogP contribution in [0.15, 0.2) is 24.4 Å². The van der Waals surface area contributed by atoms with Gasteiger partial charge in [-0.25, -0.2) is 0 Å². The fraction of sp³-hybridized carbons (Fsp3) is 0.267. The number of nitrogens with zero attached hydrogens (tertiary/aromatic N) is 2. The molecular formula is C15H16N4O2. The molecule has 2 heterocycles. The third-order valence-corrected chi connectivity index (χ3v) is 3.77. The van der Waals surface area contributed by atoms with Gasteiger partial charge in [-0.1, -0.05) is 6.07 Å². The Morgan fingerprint density at radius 3 is 3.00 bits per heavy atom. The molecule has 0 saturated carbocycles. The van der Waals surface area contributed by atoms with Gasteiger partial charge in [-0.2, -0.15) is 5.10 Å². The molecule has 0 fully saturated rings. The van der Waals surface area contributed by atoms with Gasteiger partial charge >= 0.3 is 0 Å². The molecule has 0 aliphatic carbocycles. The van der Waals surface area contributed by atoms with Crippen LogP contribution in [-0.4, -0.2) is 21.6 Å². The molecule has 1 aromatic carbocycles. The van der Waals surface area contributed by atoms with Gasteiger partial charge < -0.3 is 10.6 Å². The van der Waals surface area contributed by atoms with E-state index in [-0.39, 0.29) is 11.8 Å². The van der Waals surface area contributed by atoms with Gasteiger partial charge in [-0.15, -0.1) is 0 Å². The van der Waals surface area contributed by atoms with Crippen molar-refractivity contribution in [3.05, 3.63) is 46.8 Å². The molecule has 108 valence electrons. The van der Waals surface area contributed by atoms with Crippen LogP contribution in [0.25, 0.3) is 0 Å². The van der Waals surface area contributed by atoms with Crippen LogP contribution in [0.1, 0.15) is 27.2 Å². The smallest absolute Gasteiger partial charge is 0.251 e. The molecule has 3 rings (SSSR count). The summed E-state index contributed by atoms with van der Waals surface area (Å²) in [5.74, 6) is -0.198. The fourth-order valence-corrected chi connectivity index (χ4v) is 2.35. The first-order valence-electron chi connectivity index (χ1n) is 6.73. The molecule has 1 aromatic heterocycles. The molecule has 21 heavy (non-hydrogen) atoms. The second-order valence-corrected chi connectivity index (χ2v) is 5.16. The third kappa shape index (κ3) is 2.52. The number of hydrogen-bond acceptors (Lipinski definition) is 3. The second-order valence-electron chi connectivity index (χ2n) is 5.16. The van der Waals surface area contributed by atoms with E-state index in [2.05, 4.69) is 15.7 Å². The zero-order valence-corrected chi connectivity index (χ0v) is 11.9. The second kappa shape index (κ2) is 5.05. The van der Waals surface area contributed by atoms with Crippen LogP contribution >= 0.6 is 0 Å². The van der Waals surface area contributed by atoms with Crippen LogP contribution in [0, 0.1) is 6.92 Å². The van der Waals surface area contributed by atoms with Crippen molar-refractivity contribution in [3.63, 3.8) is 0 Å². The summed E-state index contributed by atoms with van der Waals surface area (Å²) >= 11 is 0. The standard InChI is InChI=1S/C15H16N4O2/c1-9-12(8-17-19(9)2)7-16-15(21)11-4-3-10-6-14(20)18-13(10)5-11/h3-5,8H,6-7H2,1-2H3,(H,16,21)(H,18,20). The molecule has 0 bridgehead atoms. The molecule has 6 heteroatoms. The molecule has 6 nitrogen and oxygen atoms in total. The summed E-state index contributed by atoms with van der Waals surface area (Å²) < 4.78 is 1.77. The number of benzene rings is 1. The highest BCUT2D eigenvalue weighted by molar-refractivity contribution is 6.02. The minimum Gasteiger partial charge on any atom is -0.348 e. The lowest BCUT2D eigenvalue weighted by molar-refractivity contribution is -0.115. The number of hydrogen-bond donors (Lipinski definition) is 2. The van der Waals surface area contributed by atoms with E-state index >= 15 is 0 Å². The van der Waals surface area contributed by atoms with Crippen LogP contribution in [0.4, 0.5) is 5.69 Å². The van der Waals surface area contributed by atoms with E-state index in [0.29, 0.717) is 18.5 Å². The maximum atomic E-state index is 12.2. The molecule has 1 aliphatic heterocycles. The van der Waals surface area contributed by atoms with Gasteiger partial charge in [0.25, 0.3) is 5.91 Å². The molecular weight excluding hydrogens is 268 g/mol. The molecule has 0 unspecified atom stereocenters. The largest absolute Gasteiger partial charge is 0.348 e. The van der Waals surface area contributed by atoms with Crippen molar-refractivity contribution in [3.8, 4) is 0 Å². The summed E-state index contributed by atoms with van der Waals surface area (Å²) in [6.07, 6.45) is 2.13. The molecule has 0 spiro atoms. The minimum absolute atomic E-state index is 0.0338. The number of nitrogens with one attached hydrogen (secondary N) is 2. The first-order chi connectivity index (χ1) is 10.0. The Hall–Kier alpha value is -2.63. The van der Waals surface area contributed by atoms with Crippen molar-refractivity contribution in [1.82, 2.24) is 15.1 Å². The summed E-state index contributed by atoms with van der Waals surface area (Å²) in [6, 6.07) is 5.27. The molecule has 0 saturated heterocycles. The predicted molar refractivity (Wildman–Crippen MR) is 77.9 cm³/mol. The van der Waals surface area contributed by atoms with Gasteiger partial charge in [0.1, 0.15) is 0 Å². The summed E-state index contributed by atoms with van der Waals surface area (Å²) in [4.78, 5) is 23.5. The van der Waals surface area contributed by atoms with Gasteiger partial charge in [0, 0.05) is 36.1 Å². The van der Waals surface area contributed by atoms with Crippen molar-refractivity contribution in [2.75, 3.05) is 5.32 Å². The molecule has 0 atom stereocenters. The third-order valence-electron chi connectivity index (χ3n) is 3.77. The molecule has 0 radical (unpaired) electrons. The van der Waals surface area contributed by atoms with Gasteiger partial charge in [-0.3, -0.25) is 14.3 Å². The predicted octanol–water partition coefficient (Wildman–Crippen LogP) is 1.15. The zero-order chi connectivity index (χ0) is 15.0. The first kappa shape index (κ1) is 13.4. The number of aromatic nitrogens is 2. The summed E-state index contributed by atoms with van der Waals surface area (Å²) in [7, 11) is 1.86. The number of aryl methyl sites for hydroxylation is 1. The van der Waals surface area contributed by atoms with Gasteiger partial charge in [0.05, 0.1) is 12.6 Å². The van der Waals surface area contributed by atoms with Gasteiger partial charge in [-0.05, 0) is 24.6 Å². The van der Waals surface area contributed by atoms with Crippen molar-refractivity contribution in [2.45, 2.75) is 19.9 Å². The summed E-state index contributed by atoms with van der Waals surface area (Å²) in [5, 5.41) is 9.75. The Balaban J connectivity index is 1.70. The van der Waals surface area contributed by atoms with E-state index in [9.17, 15) is 9.59 Å². The van der Waals surface area contributed by atoms with E-state index in [4.69, 9.17) is 0 Å². The highest BCUT2D eigenvalue weighted by Gasteiger charge is 2.19. The topological polar surface area (TPSA) is 76.0 Å². The van der Waals surface area contributed by atoms with Crippen molar-refractivity contribution in [1.29, 1.82) is 0 Å². The van der Waals surface area contributed by atoms with E-state index in [1.807, 2.05) is 20.0 Å². The SMILES string of the molecule is Cc1c(CNC(=O)c2ccc3c(c2)NC(=O)C3)cnn1C. The average Bonchev–Trinajstić information content (AvgIpc) is 2.98. The van der Waals surface area contributed by atoms with Gasteiger partial charge in [0.2, 0.25) is 5.91 Å². The number of fused-ring (bicyclic) bond motifs is 1. The lowest BCUT2D eigenvalue weighted by atomic mass is 10.1. The normalized spacial score (nSPS) is 13.0. The Morgan fingerprint density at radius 1 is 1.48 bits per heavy atom. The van der Waals surface area contributed by atoms with Crippen LogP contribution in [0.3, 0.4) is 0 Å². The summed E-state index contributed by atoms with van der Waals surface area (Å²) in [5.41, 5.74) is 4.21. The Kier molecular flexibility index (Phi) is 3.21. The highest BCUT2D eigenvalue weighted by Crippen LogP contribution is 2.24. The lowest BCUT2D eigenvalue weighted by Gasteiger charge is -2.07. The van der Waals surface area contributed by atoms with Crippen LogP contribution in [0.5, 0.6) is 0 Å². The monoisotopic (exact) mass is 284 g/mol. The first-order valence-corrected chi connectivity index (χ1v) is 6.73. The van der Waals surface area contributed by atoms with E-state index in [1.165, 1.54) is 0 Å². The number of rotatable bonds is 3. The number of amides is 2. The Labute approximate surface area is 122 Å². The van der Waals surface area contributed by atoms with Crippen LogP contribution in [-0.2, 0) is 24.8 Å². The van der Waals surface area contributed by atoms with E-state index in [1.54, 1.807) is 23.0 Å².